The largest absolute Gasteiger partial charge is 0.456 e. The third-order valence-corrected chi connectivity index (χ3v) is 9.80. The third kappa shape index (κ3) is 3.04. The van der Waals surface area contributed by atoms with Crippen LogP contribution in [0.3, 0.4) is 0 Å². The average molecular weight is 622 g/mol. The van der Waals surface area contributed by atoms with Crippen LogP contribution in [0.4, 0.5) is 0 Å². The Morgan fingerprint density at radius 1 is 0.541 bits per heavy atom. The van der Waals surface area contributed by atoms with Crippen LogP contribution in [0.5, 0.6) is 0 Å². The van der Waals surface area contributed by atoms with Crippen LogP contribution >= 0.6 is 43.6 Å². The molecule has 0 saturated carbocycles. The van der Waals surface area contributed by atoms with E-state index in [1.54, 1.807) is 0 Å². The maximum Gasteiger partial charge on any atom is 0.135 e. The second-order valence-electron chi connectivity index (χ2n) is 9.59. The van der Waals surface area contributed by atoms with Gasteiger partial charge >= 0.3 is 0 Å². The van der Waals surface area contributed by atoms with Gasteiger partial charge in [-0.2, -0.15) is 0 Å². The van der Waals surface area contributed by atoms with E-state index in [1.807, 2.05) is 17.8 Å². The number of fused-ring (bicyclic) bond motifs is 11. The van der Waals surface area contributed by atoms with Gasteiger partial charge in [0, 0.05) is 29.5 Å². The van der Waals surface area contributed by atoms with Crippen molar-refractivity contribution < 1.29 is 4.42 Å². The minimum atomic E-state index is -0.522. The van der Waals surface area contributed by atoms with Crippen LogP contribution in [0.2, 0.25) is 0 Å². The van der Waals surface area contributed by atoms with Crippen LogP contribution in [0.25, 0.3) is 34.1 Å². The summed E-state index contributed by atoms with van der Waals surface area (Å²) in [6.45, 7) is 0. The zero-order valence-electron chi connectivity index (χ0n) is 19.5. The highest BCUT2D eigenvalue weighted by molar-refractivity contribution is 9.10. The Balaban J connectivity index is 1.61. The zero-order valence-corrected chi connectivity index (χ0v) is 23.5. The fourth-order valence-corrected chi connectivity index (χ4v) is 8.10. The summed E-state index contributed by atoms with van der Waals surface area (Å²) in [5.74, 6) is 0. The van der Waals surface area contributed by atoms with Gasteiger partial charge in [0.05, 0.1) is 5.41 Å². The van der Waals surface area contributed by atoms with E-state index in [2.05, 4.69) is 135 Å². The van der Waals surface area contributed by atoms with Crippen molar-refractivity contribution in [3.63, 3.8) is 0 Å². The van der Waals surface area contributed by atoms with Crippen molar-refractivity contribution in [2.24, 2.45) is 0 Å². The Hall–Kier alpha value is -3.05. The number of rotatable bonds is 0. The van der Waals surface area contributed by atoms with Crippen molar-refractivity contribution in [1.29, 1.82) is 0 Å². The molecule has 0 fully saturated rings. The smallest absolute Gasteiger partial charge is 0.135 e. The summed E-state index contributed by atoms with van der Waals surface area (Å²) < 4.78 is 8.59. The summed E-state index contributed by atoms with van der Waals surface area (Å²) in [6.07, 6.45) is 4.51. The molecule has 8 rings (SSSR count). The van der Waals surface area contributed by atoms with E-state index in [-0.39, 0.29) is 0 Å². The predicted octanol–water partition coefficient (Wildman–Crippen LogP) is 10.4. The highest BCUT2D eigenvalue weighted by Gasteiger charge is 2.47. The molecule has 1 aliphatic heterocycles. The van der Waals surface area contributed by atoms with Crippen molar-refractivity contribution in [2.45, 2.75) is 15.2 Å². The summed E-state index contributed by atoms with van der Waals surface area (Å²) in [4.78, 5) is 2.54. The van der Waals surface area contributed by atoms with Crippen molar-refractivity contribution >= 4 is 77.7 Å². The topological polar surface area (TPSA) is 13.1 Å². The monoisotopic (exact) mass is 620 g/mol. The Labute approximate surface area is 235 Å². The lowest BCUT2D eigenvalue weighted by Gasteiger charge is -2.42. The maximum absolute atomic E-state index is 6.45. The van der Waals surface area contributed by atoms with Crippen LogP contribution in [-0.4, -0.2) is 0 Å². The van der Waals surface area contributed by atoms with Gasteiger partial charge in [-0.05, 0) is 81.9 Å². The highest BCUT2D eigenvalue weighted by Crippen LogP contribution is 2.59. The van der Waals surface area contributed by atoms with Crippen molar-refractivity contribution in [3.05, 3.63) is 139 Å². The number of para-hydroxylation sites is 1. The molecule has 2 aliphatic rings. The highest BCUT2D eigenvalue weighted by atomic mass is 79.9. The maximum atomic E-state index is 6.45. The molecule has 1 aromatic heterocycles. The molecule has 0 N–H and O–H groups in total. The molecule has 0 amide bonds. The first-order valence-corrected chi connectivity index (χ1v) is 14.5. The molecule has 0 bridgehead atoms. The molecule has 4 heteroatoms. The molecule has 0 radical (unpaired) electrons. The van der Waals surface area contributed by atoms with E-state index in [0.717, 1.165) is 30.9 Å². The summed E-state index contributed by atoms with van der Waals surface area (Å²) in [5, 5.41) is 2.31. The average Bonchev–Trinajstić information content (AvgIpc) is 3.21. The van der Waals surface area contributed by atoms with E-state index < -0.39 is 5.41 Å². The van der Waals surface area contributed by atoms with Gasteiger partial charge in [0.1, 0.15) is 11.2 Å². The van der Waals surface area contributed by atoms with E-state index in [4.69, 9.17) is 4.42 Å². The number of hydrogen-bond donors (Lipinski definition) is 0. The summed E-state index contributed by atoms with van der Waals surface area (Å²) in [5.41, 5.74) is 8.83. The normalized spacial score (nSPS) is 14.8. The molecule has 1 aliphatic carbocycles. The van der Waals surface area contributed by atoms with Gasteiger partial charge < -0.3 is 4.42 Å². The van der Waals surface area contributed by atoms with Gasteiger partial charge in [-0.3, -0.25) is 0 Å². The van der Waals surface area contributed by atoms with Crippen LogP contribution in [0.15, 0.2) is 120 Å². The van der Waals surface area contributed by atoms with Gasteiger partial charge in [-0.1, -0.05) is 104 Å². The first-order chi connectivity index (χ1) is 18.1. The van der Waals surface area contributed by atoms with Crippen LogP contribution in [0.1, 0.15) is 33.4 Å². The molecule has 6 aromatic rings. The van der Waals surface area contributed by atoms with Gasteiger partial charge in [0.15, 0.2) is 0 Å². The Bertz CT molecular complexity index is 1890. The third-order valence-electron chi connectivity index (χ3n) is 7.68. The molecule has 176 valence electrons. The molecule has 0 saturated heterocycles. The lowest BCUT2D eigenvalue weighted by molar-refractivity contribution is 0.659. The van der Waals surface area contributed by atoms with Crippen LogP contribution in [0, 0.1) is 0 Å². The summed E-state index contributed by atoms with van der Waals surface area (Å²) in [6, 6.07) is 35.2. The van der Waals surface area contributed by atoms with E-state index in [0.29, 0.717) is 0 Å². The first kappa shape index (κ1) is 22.0. The number of hydrogen-bond acceptors (Lipinski definition) is 2. The van der Waals surface area contributed by atoms with Crippen molar-refractivity contribution in [1.82, 2.24) is 0 Å². The van der Waals surface area contributed by atoms with Crippen molar-refractivity contribution in [3.8, 4) is 0 Å². The summed E-state index contributed by atoms with van der Waals surface area (Å²) in [7, 11) is 0. The zero-order chi connectivity index (χ0) is 24.7. The molecule has 1 spiro atoms. The Morgan fingerprint density at radius 3 is 1.97 bits per heavy atom. The molecule has 1 nitrogen and oxygen atoms in total. The number of halogens is 2. The fourth-order valence-electron chi connectivity index (χ4n) is 6.16. The fraction of sp³-hybridized carbons (Fsp3) is 0.0303. The van der Waals surface area contributed by atoms with Gasteiger partial charge in [-0.25, -0.2) is 0 Å². The number of benzene rings is 5. The molecular formula is C33H18Br2OS. The standard InChI is InChI=1S/C33H18Br2OS/c34-21-13-11-19-9-10-20-12-14-22(35)16-27(20)33(26(19)15-21)25-6-2-4-8-31(25)37-32-17-24-23-5-1-3-7-29(23)36-30(24)18-28(32)33/h1-18H. The minimum absolute atomic E-state index is 0.522. The SMILES string of the molecule is Brc1ccc2c(c1)C1(c3cc(Br)ccc3C=C2)c2ccccc2Sc2cc3c(cc21)oc1ccccc13. The summed E-state index contributed by atoms with van der Waals surface area (Å²) >= 11 is 9.47. The minimum Gasteiger partial charge on any atom is -0.456 e. The predicted molar refractivity (Wildman–Crippen MR) is 160 cm³/mol. The van der Waals surface area contributed by atoms with Gasteiger partial charge in [0.25, 0.3) is 0 Å². The first-order valence-electron chi connectivity index (χ1n) is 12.1. The molecule has 0 atom stereocenters. The van der Waals surface area contributed by atoms with Crippen molar-refractivity contribution in [2.75, 3.05) is 0 Å². The molecule has 37 heavy (non-hydrogen) atoms. The van der Waals surface area contributed by atoms with E-state index in [1.165, 1.54) is 43.2 Å². The second-order valence-corrected chi connectivity index (χ2v) is 12.5. The Kier molecular flexibility index (Phi) is 4.74. The Morgan fingerprint density at radius 2 is 1.22 bits per heavy atom. The number of furan rings is 1. The van der Waals surface area contributed by atoms with Crippen LogP contribution < -0.4 is 0 Å². The van der Waals surface area contributed by atoms with E-state index in [9.17, 15) is 0 Å². The molecule has 2 heterocycles. The lowest BCUT2D eigenvalue weighted by atomic mass is 9.63. The van der Waals surface area contributed by atoms with Crippen LogP contribution in [-0.2, 0) is 5.41 Å². The lowest BCUT2D eigenvalue weighted by Crippen LogP contribution is -2.35. The quantitative estimate of drug-likeness (QED) is 0.167. The molecular weight excluding hydrogens is 604 g/mol. The second kappa shape index (κ2) is 7.97. The molecule has 5 aromatic carbocycles. The van der Waals surface area contributed by atoms with Gasteiger partial charge in [0.2, 0.25) is 0 Å². The van der Waals surface area contributed by atoms with Gasteiger partial charge in [-0.15, -0.1) is 0 Å². The molecule has 0 unspecified atom stereocenters. The van der Waals surface area contributed by atoms with E-state index >= 15 is 0 Å².